The smallest absolute Gasteiger partial charge is 0.332 e. The number of rotatable bonds is 3. The number of benzene rings is 1. The van der Waals surface area contributed by atoms with Crippen LogP contribution in [0.1, 0.15) is 19.4 Å². The Balaban J connectivity index is 2.00. The van der Waals surface area contributed by atoms with E-state index < -0.39 is 11.2 Å². The Labute approximate surface area is 183 Å². The molecule has 0 radical (unpaired) electrons. The maximum absolute atomic E-state index is 13.1. The van der Waals surface area contributed by atoms with E-state index in [-0.39, 0.29) is 18.8 Å². The predicted molar refractivity (Wildman–Crippen MR) is 118 cm³/mol. The lowest BCUT2D eigenvalue weighted by atomic mass is 10.2. The molecule has 1 saturated heterocycles. The minimum Gasteiger partial charge on any atom is -0.372 e. The zero-order chi connectivity index (χ0) is 21.7. The van der Waals surface area contributed by atoms with Crippen LogP contribution in [-0.2, 0) is 25.4 Å². The van der Waals surface area contributed by atoms with Gasteiger partial charge in [-0.05, 0) is 26.0 Å². The van der Waals surface area contributed by atoms with E-state index in [1.165, 1.54) is 11.6 Å². The van der Waals surface area contributed by atoms with E-state index in [9.17, 15) is 9.59 Å². The van der Waals surface area contributed by atoms with E-state index in [1.807, 2.05) is 13.8 Å². The Morgan fingerprint density at radius 1 is 1.07 bits per heavy atom. The van der Waals surface area contributed by atoms with E-state index in [4.69, 9.17) is 32.9 Å². The number of ether oxygens (including phenoxy) is 1. The van der Waals surface area contributed by atoms with Crippen molar-refractivity contribution in [2.75, 3.05) is 18.0 Å². The lowest BCUT2D eigenvalue weighted by molar-refractivity contribution is -0.00585. The summed E-state index contributed by atoms with van der Waals surface area (Å²) < 4.78 is 10.1. The van der Waals surface area contributed by atoms with Crippen molar-refractivity contribution in [2.45, 2.75) is 32.6 Å². The second kappa shape index (κ2) is 7.76. The maximum Gasteiger partial charge on any atom is 0.332 e. The Bertz CT molecular complexity index is 1220. The molecule has 0 N–H and O–H groups in total. The summed E-state index contributed by atoms with van der Waals surface area (Å²) in [6.07, 6.45) is -0.00451. The first-order valence-electron chi connectivity index (χ1n) is 9.68. The van der Waals surface area contributed by atoms with Crippen LogP contribution in [0.2, 0.25) is 10.0 Å². The van der Waals surface area contributed by atoms with Crippen LogP contribution in [0.5, 0.6) is 0 Å². The number of anilines is 1. The molecule has 3 heterocycles. The summed E-state index contributed by atoms with van der Waals surface area (Å²) in [4.78, 5) is 32.4. The fourth-order valence-corrected chi connectivity index (χ4v) is 4.53. The first-order valence-corrected chi connectivity index (χ1v) is 10.4. The van der Waals surface area contributed by atoms with Gasteiger partial charge >= 0.3 is 5.69 Å². The van der Waals surface area contributed by atoms with Crippen molar-refractivity contribution in [2.24, 2.45) is 14.1 Å². The molecule has 0 bridgehead atoms. The van der Waals surface area contributed by atoms with Crippen molar-refractivity contribution in [3.05, 3.63) is 54.6 Å². The summed E-state index contributed by atoms with van der Waals surface area (Å²) in [7, 11) is 3.07. The van der Waals surface area contributed by atoms with E-state index >= 15 is 0 Å². The average molecular weight is 452 g/mol. The van der Waals surface area contributed by atoms with Crippen molar-refractivity contribution < 1.29 is 4.74 Å². The van der Waals surface area contributed by atoms with Crippen LogP contribution in [0.3, 0.4) is 0 Å². The van der Waals surface area contributed by atoms with Gasteiger partial charge < -0.3 is 9.64 Å². The second-order valence-electron chi connectivity index (χ2n) is 7.74. The SMILES string of the molecule is C[C@@H]1CN(c2nc3c(c(=O)n(C)c(=O)n3C)n2Cc2c(Cl)cccc2Cl)C[C@H](C)O1. The molecule has 4 rings (SSSR count). The molecule has 2 atom stereocenters. The zero-order valence-electron chi connectivity index (χ0n) is 17.2. The number of halogens is 2. The number of nitrogens with zero attached hydrogens (tertiary/aromatic N) is 5. The summed E-state index contributed by atoms with van der Waals surface area (Å²) in [6.45, 7) is 5.46. The third kappa shape index (κ3) is 3.42. The van der Waals surface area contributed by atoms with E-state index in [0.717, 1.165) is 4.57 Å². The molecule has 3 aromatic rings. The van der Waals surface area contributed by atoms with Crippen LogP contribution < -0.4 is 16.1 Å². The molecule has 160 valence electrons. The van der Waals surface area contributed by atoms with Gasteiger partial charge in [-0.1, -0.05) is 29.3 Å². The molecule has 0 saturated carbocycles. The normalized spacial score (nSPS) is 19.6. The van der Waals surface area contributed by atoms with Crippen LogP contribution in [-0.4, -0.2) is 44.0 Å². The molecule has 1 aliphatic rings. The highest BCUT2D eigenvalue weighted by atomic mass is 35.5. The van der Waals surface area contributed by atoms with Crippen LogP contribution >= 0.6 is 23.2 Å². The summed E-state index contributed by atoms with van der Waals surface area (Å²) in [5, 5.41) is 1.00. The van der Waals surface area contributed by atoms with E-state index in [0.29, 0.717) is 45.8 Å². The van der Waals surface area contributed by atoms with Gasteiger partial charge in [0.2, 0.25) is 5.95 Å². The minimum absolute atomic E-state index is 0.00225. The third-order valence-electron chi connectivity index (χ3n) is 5.41. The maximum atomic E-state index is 13.1. The average Bonchev–Trinajstić information content (AvgIpc) is 3.06. The highest BCUT2D eigenvalue weighted by Crippen LogP contribution is 2.29. The first kappa shape index (κ1) is 21.0. The molecule has 8 nitrogen and oxygen atoms in total. The highest BCUT2D eigenvalue weighted by Gasteiger charge is 2.29. The molecule has 30 heavy (non-hydrogen) atoms. The van der Waals surface area contributed by atoms with Crippen LogP contribution in [0, 0.1) is 0 Å². The summed E-state index contributed by atoms with van der Waals surface area (Å²) in [6, 6.07) is 5.29. The van der Waals surface area contributed by atoms with E-state index in [1.54, 1.807) is 29.8 Å². The minimum atomic E-state index is -0.428. The van der Waals surface area contributed by atoms with Crippen LogP contribution in [0.25, 0.3) is 11.2 Å². The van der Waals surface area contributed by atoms with Gasteiger partial charge in [-0.3, -0.25) is 18.5 Å². The molecule has 1 fully saturated rings. The molecule has 0 amide bonds. The summed E-state index contributed by atoms with van der Waals surface area (Å²) in [5.74, 6) is 0.585. The monoisotopic (exact) mass is 451 g/mol. The number of hydrogen-bond donors (Lipinski definition) is 0. The Morgan fingerprint density at radius 3 is 2.27 bits per heavy atom. The Kier molecular flexibility index (Phi) is 5.42. The van der Waals surface area contributed by atoms with Crippen molar-refractivity contribution in [1.29, 1.82) is 0 Å². The fourth-order valence-electron chi connectivity index (χ4n) is 4.01. The number of imidazole rings is 1. The molecular weight excluding hydrogens is 429 g/mol. The fraction of sp³-hybridized carbons (Fsp3) is 0.450. The first-order chi connectivity index (χ1) is 14.2. The number of hydrogen-bond acceptors (Lipinski definition) is 5. The van der Waals surface area contributed by atoms with Crippen LogP contribution in [0.4, 0.5) is 5.95 Å². The molecule has 1 aromatic carbocycles. The summed E-state index contributed by atoms with van der Waals surface area (Å²) >= 11 is 12.8. The number of aromatic nitrogens is 4. The zero-order valence-corrected chi connectivity index (χ0v) is 18.7. The molecule has 1 aliphatic heterocycles. The van der Waals surface area contributed by atoms with Crippen molar-refractivity contribution in [3.8, 4) is 0 Å². The lowest BCUT2D eigenvalue weighted by Crippen LogP contribution is -2.46. The third-order valence-corrected chi connectivity index (χ3v) is 6.12. The van der Waals surface area contributed by atoms with Gasteiger partial charge in [0.25, 0.3) is 5.56 Å². The van der Waals surface area contributed by atoms with Gasteiger partial charge in [0.05, 0.1) is 18.8 Å². The van der Waals surface area contributed by atoms with Gasteiger partial charge in [0.15, 0.2) is 11.2 Å². The molecule has 0 unspecified atom stereocenters. The largest absolute Gasteiger partial charge is 0.372 e. The number of aryl methyl sites for hydroxylation is 1. The lowest BCUT2D eigenvalue weighted by Gasteiger charge is -2.36. The standard InChI is InChI=1S/C20H23Cl2N5O3/c1-11-8-26(9-12(2)30-11)19-23-17-16(18(28)25(4)20(29)24(17)3)27(19)10-13-14(21)6-5-7-15(13)22/h5-7,11-12H,8-10H2,1-4H3/t11-,12+. The van der Waals surface area contributed by atoms with Crippen molar-refractivity contribution in [1.82, 2.24) is 18.7 Å². The van der Waals surface area contributed by atoms with Crippen LogP contribution in [0.15, 0.2) is 27.8 Å². The molecular formula is C20H23Cl2N5O3. The number of fused-ring (bicyclic) bond motifs is 1. The van der Waals surface area contributed by atoms with Gasteiger partial charge in [-0.25, -0.2) is 4.79 Å². The Morgan fingerprint density at radius 2 is 1.67 bits per heavy atom. The van der Waals surface area contributed by atoms with Gasteiger partial charge in [0.1, 0.15) is 0 Å². The van der Waals surface area contributed by atoms with Gasteiger partial charge in [-0.2, -0.15) is 4.98 Å². The topological polar surface area (TPSA) is 74.3 Å². The molecule has 0 aliphatic carbocycles. The van der Waals surface area contributed by atoms with Gasteiger partial charge in [0, 0.05) is 42.8 Å². The molecule has 0 spiro atoms. The number of morpholine rings is 1. The summed E-state index contributed by atoms with van der Waals surface area (Å²) in [5.41, 5.74) is 0.504. The van der Waals surface area contributed by atoms with Crippen molar-refractivity contribution >= 4 is 40.3 Å². The predicted octanol–water partition coefficient (Wildman–Crippen LogP) is 2.40. The molecule has 10 heteroatoms. The Hall–Kier alpha value is -2.29. The highest BCUT2D eigenvalue weighted by molar-refractivity contribution is 6.36. The van der Waals surface area contributed by atoms with Gasteiger partial charge in [-0.15, -0.1) is 0 Å². The quantitative estimate of drug-likeness (QED) is 0.610. The molecule has 2 aromatic heterocycles. The van der Waals surface area contributed by atoms with Crippen molar-refractivity contribution in [3.63, 3.8) is 0 Å². The second-order valence-corrected chi connectivity index (χ2v) is 8.55. The van der Waals surface area contributed by atoms with E-state index in [2.05, 4.69) is 4.90 Å².